The van der Waals surface area contributed by atoms with Crippen molar-refractivity contribution in [1.82, 2.24) is 5.32 Å². The molecular weight excluding hydrogens is 234 g/mol. The molecule has 1 aromatic carbocycles. The first-order chi connectivity index (χ1) is 8.18. The first kappa shape index (κ1) is 14.5. The van der Waals surface area contributed by atoms with Gasteiger partial charge in [-0.05, 0) is 36.6 Å². The summed E-state index contributed by atoms with van der Waals surface area (Å²) in [5, 5.41) is 4.13. The molecule has 0 aliphatic rings. The number of ether oxygens (including phenoxy) is 1. The molecule has 0 spiro atoms. The maximum atomic E-state index is 5.82. The van der Waals surface area contributed by atoms with Crippen LogP contribution in [0, 0.1) is 5.92 Å². The van der Waals surface area contributed by atoms with Gasteiger partial charge in [0.25, 0.3) is 0 Å². The number of nitrogens with one attached hydrogen (secondary N) is 1. The molecule has 0 aromatic heterocycles. The quantitative estimate of drug-likeness (QED) is 0.721. The van der Waals surface area contributed by atoms with Crippen LogP contribution in [0.4, 0.5) is 0 Å². The molecule has 0 heterocycles. The molecule has 1 rings (SSSR count). The fourth-order valence-electron chi connectivity index (χ4n) is 1.48. The molecule has 2 nitrogen and oxygen atoms in total. The third-order valence-electron chi connectivity index (χ3n) is 2.42. The lowest BCUT2D eigenvalue weighted by Gasteiger charge is -2.08. The summed E-state index contributed by atoms with van der Waals surface area (Å²) in [5.41, 5.74) is 1.27. The van der Waals surface area contributed by atoms with E-state index < -0.39 is 0 Å². The first-order valence-corrected chi connectivity index (χ1v) is 6.59. The van der Waals surface area contributed by atoms with Crippen LogP contribution in [-0.4, -0.2) is 26.3 Å². The maximum absolute atomic E-state index is 5.82. The Balaban J connectivity index is 1.99. The molecule has 0 saturated heterocycles. The lowest BCUT2D eigenvalue weighted by Crippen LogP contribution is -2.24. The number of rotatable bonds is 8. The molecule has 0 radical (unpaired) electrons. The molecule has 0 atom stereocenters. The molecule has 0 saturated carbocycles. The second-order valence-corrected chi connectivity index (χ2v) is 5.02. The zero-order valence-corrected chi connectivity index (χ0v) is 11.5. The van der Waals surface area contributed by atoms with Gasteiger partial charge in [0.1, 0.15) is 0 Å². The predicted octanol–water partition coefficient (Wildman–Crippen LogP) is 3.14. The molecule has 3 heteroatoms. The average Bonchev–Trinajstić information content (AvgIpc) is 2.30. The van der Waals surface area contributed by atoms with Crippen LogP contribution in [0.3, 0.4) is 0 Å². The van der Waals surface area contributed by atoms with Crippen LogP contribution in [0.15, 0.2) is 24.3 Å². The minimum Gasteiger partial charge on any atom is -0.380 e. The van der Waals surface area contributed by atoms with Gasteiger partial charge in [0.05, 0.1) is 13.2 Å². The van der Waals surface area contributed by atoms with Gasteiger partial charge >= 0.3 is 0 Å². The number of hydrogen-bond acceptors (Lipinski definition) is 2. The van der Waals surface area contributed by atoms with E-state index in [-0.39, 0.29) is 0 Å². The molecular formula is C14H22ClNO. The Morgan fingerprint density at radius 1 is 1.18 bits per heavy atom. The van der Waals surface area contributed by atoms with Crippen molar-refractivity contribution in [2.24, 2.45) is 5.92 Å². The smallest absolute Gasteiger partial charge is 0.0591 e. The van der Waals surface area contributed by atoms with Gasteiger partial charge in [-0.2, -0.15) is 0 Å². The van der Waals surface area contributed by atoms with Crippen molar-refractivity contribution in [1.29, 1.82) is 0 Å². The van der Waals surface area contributed by atoms with Crippen molar-refractivity contribution in [3.63, 3.8) is 0 Å². The lowest BCUT2D eigenvalue weighted by atomic mass is 10.2. The Kier molecular flexibility index (Phi) is 7.25. The van der Waals surface area contributed by atoms with E-state index in [0.717, 1.165) is 37.7 Å². The van der Waals surface area contributed by atoms with Crippen LogP contribution in [-0.2, 0) is 11.2 Å². The van der Waals surface area contributed by atoms with Crippen molar-refractivity contribution in [2.75, 3.05) is 26.3 Å². The van der Waals surface area contributed by atoms with Crippen LogP contribution in [0.5, 0.6) is 0 Å². The van der Waals surface area contributed by atoms with Crippen LogP contribution in [0.2, 0.25) is 5.02 Å². The predicted molar refractivity (Wildman–Crippen MR) is 73.7 cm³/mol. The number of hydrogen-bond donors (Lipinski definition) is 1. The standard InChI is InChI=1S/C14H22ClNO/c1-12(2)11-16-8-10-17-9-7-13-3-5-14(15)6-4-13/h3-6,12,16H,7-11H2,1-2H3. The molecule has 96 valence electrons. The summed E-state index contributed by atoms with van der Waals surface area (Å²) in [6.45, 7) is 7.94. The summed E-state index contributed by atoms with van der Waals surface area (Å²) in [4.78, 5) is 0. The van der Waals surface area contributed by atoms with Gasteiger partial charge in [-0.15, -0.1) is 0 Å². The van der Waals surface area contributed by atoms with E-state index in [4.69, 9.17) is 16.3 Å². The second kappa shape index (κ2) is 8.51. The molecule has 0 bridgehead atoms. The van der Waals surface area contributed by atoms with Gasteiger partial charge < -0.3 is 10.1 Å². The van der Waals surface area contributed by atoms with Crippen LogP contribution < -0.4 is 5.32 Å². The van der Waals surface area contributed by atoms with Crippen molar-refractivity contribution in [3.8, 4) is 0 Å². The van der Waals surface area contributed by atoms with E-state index >= 15 is 0 Å². The van der Waals surface area contributed by atoms with Crippen LogP contribution in [0.1, 0.15) is 19.4 Å². The van der Waals surface area contributed by atoms with Gasteiger partial charge in [0, 0.05) is 11.6 Å². The van der Waals surface area contributed by atoms with Crippen LogP contribution in [0.25, 0.3) is 0 Å². The highest BCUT2D eigenvalue weighted by Gasteiger charge is 1.95. The molecule has 1 aromatic rings. The van der Waals surface area contributed by atoms with E-state index in [9.17, 15) is 0 Å². The number of halogens is 1. The lowest BCUT2D eigenvalue weighted by molar-refractivity contribution is 0.138. The highest BCUT2D eigenvalue weighted by Crippen LogP contribution is 2.09. The Bertz CT molecular complexity index is 298. The normalized spacial score (nSPS) is 11.1. The third-order valence-corrected chi connectivity index (χ3v) is 2.68. The number of benzene rings is 1. The summed E-state index contributed by atoms with van der Waals surface area (Å²) < 4.78 is 5.55. The molecule has 17 heavy (non-hydrogen) atoms. The minimum atomic E-state index is 0.698. The van der Waals surface area contributed by atoms with Gasteiger partial charge in [0.2, 0.25) is 0 Å². The minimum absolute atomic E-state index is 0.698. The van der Waals surface area contributed by atoms with Gasteiger partial charge in [-0.25, -0.2) is 0 Å². The zero-order chi connectivity index (χ0) is 12.5. The Hall–Kier alpha value is -0.570. The summed E-state index contributed by atoms with van der Waals surface area (Å²) in [5.74, 6) is 0.698. The first-order valence-electron chi connectivity index (χ1n) is 6.21. The summed E-state index contributed by atoms with van der Waals surface area (Å²) >= 11 is 5.82. The fourth-order valence-corrected chi connectivity index (χ4v) is 1.60. The third kappa shape index (κ3) is 7.37. The monoisotopic (exact) mass is 255 g/mol. The van der Waals surface area contributed by atoms with Crippen molar-refractivity contribution in [3.05, 3.63) is 34.9 Å². The van der Waals surface area contributed by atoms with Gasteiger partial charge in [0.15, 0.2) is 0 Å². The van der Waals surface area contributed by atoms with E-state index in [1.54, 1.807) is 0 Å². The van der Waals surface area contributed by atoms with Crippen molar-refractivity contribution < 1.29 is 4.74 Å². The van der Waals surface area contributed by atoms with E-state index in [0.29, 0.717) is 5.92 Å². The molecule has 0 aliphatic carbocycles. The van der Waals surface area contributed by atoms with Crippen LogP contribution >= 0.6 is 11.6 Å². The highest BCUT2D eigenvalue weighted by molar-refractivity contribution is 6.30. The maximum Gasteiger partial charge on any atom is 0.0591 e. The molecule has 0 aliphatic heterocycles. The Labute approximate surface area is 109 Å². The van der Waals surface area contributed by atoms with Gasteiger partial charge in [-0.3, -0.25) is 0 Å². The van der Waals surface area contributed by atoms with E-state index in [1.165, 1.54) is 5.56 Å². The van der Waals surface area contributed by atoms with Crippen molar-refractivity contribution >= 4 is 11.6 Å². The van der Waals surface area contributed by atoms with E-state index in [2.05, 4.69) is 19.2 Å². The van der Waals surface area contributed by atoms with Gasteiger partial charge in [-0.1, -0.05) is 37.6 Å². The van der Waals surface area contributed by atoms with E-state index in [1.807, 2.05) is 24.3 Å². The molecule has 0 amide bonds. The summed E-state index contributed by atoms with van der Waals surface area (Å²) in [6.07, 6.45) is 0.946. The molecule has 0 fully saturated rings. The van der Waals surface area contributed by atoms with Crippen molar-refractivity contribution in [2.45, 2.75) is 20.3 Å². The summed E-state index contributed by atoms with van der Waals surface area (Å²) in [7, 11) is 0. The Morgan fingerprint density at radius 3 is 2.53 bits per heavy atom. The second-order valence-electron chi connectivity index (χ2n) is 4.59. The largest absolute Gasteiger partial charge is 0.380 e. The molecule has 1 N–H and O–H groups in total. The SMILES string of the molecule is CC(C)CNCCOCCc1ccc(Cl)cc1. The summed E-state index contributed by atoms with van der Waals surface area (Å²) in [6, 6.07) is 7.92. The zero-order valence-electron chi connectivity index (χ0n) is 10.7. The topological polar surface area (TPSA) is 21.3 Å². The highest BCUT2D eigenvalue weighted by atomic mass is 35.5. The fraction of sp³-hybridized carbons (Fsp3) is 0.571. The average molecular weight is 256 g/mol. The molecule has 0 unspecified atom stereocenters. The Morgan fingerprint density at radius 2 is 1.88 bits per heavy atom.